The van der Waals surface area contributed by atoms with Crippen LogP contribution < -0.4 is 10.9 Å². The van der Waals surface area contributed by atoms with Crippen LogP contribution in [0.1, 0.15) is 29.4 Å². The molecule has 0 fully saturated rings. The number of nitrogens with one attached hydrogen (secondary N) is 2. The minimum absolute atomic E-state index is 0.00230. The number of carbonyl (C=O) groups excluding carboxylic acids is 2. The van der Waals surface area contributed by atoms with E-state index < -0.39 is 23.2 Å². The van der Waals surface area contributed by atoms with Gasteiger partial charge in [0, 0.05) is 0 Å². The normalized spacial score (nSPS) is 9.73. The molecule has 168 valence electrons. The topological polar surface area (TPSA) is 182 Å². The summed E-state index contributed by atoms with van der Waals surface area (Å²) in [7, 11) is 0. The summed E-state index contributed by atoms with van der Waals surface area (Å²) in [5.74, 6) is -1.53. The van der Waals surface area contributed by atoms with E-state index in [2.05, 4.69) is 52.1 Å². The van der Waals surface area contributed by atoms with E-state index in [0.717, 1.165) is 0 Å². The molecule has 0 atom stereocenters. The Kier molecular flexibility index (Phi) is 9.03. The first-order valence-corrected chi connectivity index (χ1v) is 10.6. The van der Waals surface area contributed by atoms with Gasteiger partial charge in [0.1, 0.15) is 27.2 Å². The molecule has 1 amide bonds. The fraction of sp³-hybridized carbons (Fsp3) is 0.150. The quantitative estimate of drug-likeness (QED) is 0.310. The number of aromatic nitrogens is 3. The van der Waals surface area contributed by atoms with Crippen molar-refractivity contribution in [3.05, 3.63) is 55.1 Å². The highest BCUT2D eigenvalue weighted by Gasteiger charge is 2.17. The number of nitriles is 2. The summed E-state index contributed by atoms with van der Waals surface area (Å²) in [6, 6.07) is 9.65. The van der Waals surface area contributed by atoms with Gasteiger partial charge >= 0.3 is 5.97 Å². The number of esters is 1. The standard InChI is InChI=1S/C11H10BrN3O3.C9H4BrN3O2/c1-2-18-11(17)10-7(3-4-8(12)15-10)14-9(16)5-6-13;10-6-2-1-5-7(13-6)8(14)4(3-11)9(15)12-5/h3-4H,2,5H2,1H3,(H,14,16);1-2H,(H2,12,14,15). The Morgan fingerprint density at radius 2 is 1.85 bits per heavy atom. The number of rotatable bonds is 4. The fourth-order valence-electron chi connectivity index (χ4n) is 2.39. The minimum atomic E-state index is -0.633. The van der Waals surface area contributed by atoms with Crippen LogP contribution >= 0.6 is 31.9 Å². The number of anilines is 1. The third kappa shape index (κ3) is 6.58. The second-order valence-corrected chi connectivity index (χ2v) is 7.58. The maximum atomic E-state index is 11.6. The zero-order chi connectivity index (χ0) is 24.5. The van der Waals surface area contributed by atoms with Gasteiger partial charge in [-0.2, -0.15) is 10.5 Å². The molecule has 0 radical (unpaired) electrons. The van der Waals surface area contributed by atoms with Gasteiger partial charge in [0.15, 0.2) is 17.0 Å². The van der Waals surface area contributed by atoms with Gasteiger partial charge in [0.2, 0.25) is 5.91 Å². The minimum Gasteiger partial charge on any atom is -0.504 e. The Bertz CT molecular complexity index is 1360. The van der Waals surface area contributed by atoms with E-state index in [1.54, 1.807) is 37.3 Å². The van der Waals surface area contributed by atoms with Crippen LogP contribution in [0.25, 0.3) is 11.0 Å². The summed E-state index contributed by atoms with van der Waals surface area (Å²) >= 11 is 6.26. The maximum Gasteiger partial charge on any atom is 0.359 e. The number of hydrogen-bond acceptors (Lipinski definition) is 9. The third-order valence-electron chi connectivity index (χ3n) is 3.75. The molecule has 3 N–H and O–H groups in total. The average Bonchev–Trinajstić information content (AvgIpc) is 2.77. The summed E-state index contributed by atoms with van der Waals surface area (Å²) in [6.07, 6.45) is -0.293. The van der Waals surface area contributed by atoms with Gasteiger partial charge in [0.05, 0.1) is 23.9 Å². The number of carbonyl (C=O) groups is 2. The van der Waals surface area contributed by atoms with Crippen molar-refractivity contribution in [3.63, 3.8) is 0 Å². The van der Waals surface area contributed by atoms with Crippen molar-refractivity contribution in [3.8, 4) is 17.9 Å². The van der Waals surface area contributed by atoms with Gasteiger partial charge in [-0.3, -0.25) is 9.59 Å². The SMILES string of the molecule is CCOC(=O)c1nc(Br)ccc1NC(=O)CC#N.N#Cc1c(O)c2nc(Br)ccc2[nH]c1=O. The predicted molar refractivity (Wildman–Crippen MR) is 123 cm³/mol. The molecule has 3 aromatic heterocycles. The van der Waals surface area contributed by atoms with Gasteiger partial charge in [0.25, 0.3) is 5.56 Å². The first kappa shape index (κ1) is 25.5. The van der Waals surface area contributed by atoms with Crippen molar-refractivity contribution < 1.29 is 19.4 Å². The van der Waals surface area contributed by atoms with Crippen molar-refractivity contribution in [1.82, 2.24) is 15.0 Å². The molecule has 0 spiro atoms. The van der Waals surface area contributed by atoms with E-state index in [1.165, 1.54) is 6.07 Å². The molecule has 0 saturated heterocycles. The number of nitrogens with zero attached hydrogens (tertiary/aromatic N) is 4. The second kappa shape index (κ2) is 11.7. The number of hydrogen-bond donors (Lipinski definition) is 3. The Morgan fingerprint density at radius 1 is 1.18 bits per heavy atom. The lowest BCUT2D eigenvalue weighted by atomic mass is 10.2. The highest BCUT2D eigenvalue weighted by molar-refractivity contribution is 9.10. The molecule has 0 aliphatic rings. The Labute approximate surface area is 203 Å². The number of ether oxygens (including phenoxy) is 1. The lowest BCUT2D eigenvalue weighted by Crippen LogP contribution is -2.16. The Morgan fingerprint density at radius 3 is 2.48 bits per heavy atom. The summed E-state index contributed by atoms with van der Waals surface area (Å²) in [5.41, 5.74) is -0.144. The Balaban J connectivity index is 0.000000237. The number of halogens is 2. The second-order valence-electron chi connectivity index (χ2n) is 5.95. The molecule has 0 unspecified atom stereocenters. The third-order valence-corrected chi connectivity index (χ3v) is 4.64. The van der Waals surface area contributed by atoms with Crippen LogP contribution in [-0.2, 0) is 9.53 Å². The molecular formula is C20H14Br2N6O5. The number of fused-ring (bicyclic) bond motifs is 1. The fourth-order valence-corrected chi connectivity index (χ4v) is 3.01. The molecule has 0 aromatic carbocycles. The number of aromatic hydroxyl groups is 1. The molecule has 0 aliphatic carbocycles. The van der Waals surface area contributed by atoms with E-state index in [0.29, 0.717) is 14.7 Å². The summed E-state index contributed by atoms with van der Waals surface area (Å²) < 4.78 is 5.79. The number of pyridine rings is 3. The molecular weight excluding hydrogens is 564 g/mol. The molecule has 3 aromatic rings. The van der Waals surface area contributed by atoms with Gasteiger partial charge in [-0.15, -0.1) is 0 Å². The van der Waals surface area contributed by atoms with E-state index in [-0.39, 0.29) is 35.5 Å². The zero-order valence-electron chi connectivity index (χ0n) is 16.8. The lowest BCUT2D eigenvalue weighted by molar-refractivity contribution is -0.115. The van der Waals surface area contributed by atoms with Crippen molar-refractivity contribution in [2.45, 2.75) is 13.3 Å². The van der Waals surface area contributed by atoms with Gasteiger partial charge in [-0.05, 0) is 63.0 Å². The van der Waals surface area contributed by atoms with Crippen molar-refractivity contribution in [1.29, 1.82) is 10.5 Å². The highest BCUT2D eigenvalue weighted by atomic mass is 79.9. The lowest BCUT2D eigenvalue weighted by Gasteiger charge is -2.08. The molecule has 3 rings (SSSR count). The van der Waals surface area contributed by atoms with Crippen LogP contribution in [0, 0.1) is 22.7 Å². The Hall–Kier alpha value is -3.81. The average molecular weight is 578 g/mol. The molecule has 0 aliphatic heterocycles. The maximum absolute atomic E-state index is 11.6. The monoisotopic (exact) mass is 576 g/mol. The van der Waals surface area contributed by atoms with E-state index in [9.17, 15) is 19.5 Å². The number of H-pyrrole nitrogens is 1. The van der Waals surface area contributed by atoms with Crippen LogP contribution in [0.5, 0.6) is 5.75 Å². The first-order chi connectivity index (χ1) is 15.7. The van der Waals surface area contributed by atoms with Crippen molar-refractivity contribution in [2.75, 3.05) is 11.9 Å². The molecule has 0 bridgehead atoms. The van der Waals surface area contributed by atoms with E-state index in [1.807, 2.05) is 0 Å². The predicted octanol–water partition coefficient (Wildman–Crippen LogP) is 3.14. The van der Waals surface area contributed by atoms with Crippen LogP contribution in [-0.4, -0.2) is 38.5 Å². The summed E-state index contributed by atoms with van der Waals surface area (Å²) in [4.78, 5) is 44.6. The molecule has 33 heavy (non-hydrogen) atoms. The molecule has 13 heteroatoms. The van der Waals surface area contributed by atoms with Crippen molar-refractivity contribution >= 4 is 60.5 Å². The number of amides is 1. The van der Waals surface area contributed by atoms with E-state index in [4.69, 9.17) is 15.3 Å². The zero-order valence-corrected chi connectivity index (χ0v) is 20.0. The van der Waals surface area contributed by atoms with Gasteiger partial charge in [-0.1, -0.05) is 0 Å². The van der Waals surface area contributed by atoms with Crippen LogP contribution in [0.3, 0.4) is 0 Å². The largest absolute Gasteiger partial charge is 0.504 e. The van der Waals surface area contributed by atoms with Crippen LogP contribution in [0.4, 0.5) is 5.69 Å². The van der Waals surface area contributed by atoms with Gasteiger partial charge in [-0.25, -0.2) is 14.8 Å². The molecule has 3 heterocycles. The summed E-state index contributed by atoms with van der Waals surface area (Å²) in [5, 5.41) is 29.1. The smallest absolute Gasteiger partial charge is 0.359 e. The van der Waals surface area contributed by atoms with Crippen LogP contribution in [0.15, 0.2) is 38.3 Å². The first-order valence-electron chi connectivity index (χ1n) is 9.03. The molecule has 0 saturated carbocycles. The highest BCUT2D eigenvalue weighted by Crippen LogP contribution is 2.23. The van der Waals surface area contributed by atoms with Gasteiger partial charge < -0.3 is 20.1 Å². The van der Waals surface area contributed by atoms with Crippen molar-refractivity contribution in [2.24, 2.45) is 0 Å². The summed E-state index contributed by atoms with van der Waals surface area (Å²) in [6.45, 7) is 1.88. The molecule has 11 nitrogen and oxygen atoms in total. The van der Waals surface area contributed by atoms with E-state index >= 15 is 0 Å². The van der Waals surface area contributed by atoms with Crippen LogP contribution in [0.2, 0.25) is 0 Å². The number of aromatic amines is 1.